The first-order chi connectivity index (χ1) is 8.97. The number of nitrogens with one attached hydrogen (secondary N) is 1. The van der Waals surface area contributed by atoms with Gasteiger partial charge in [0.05, 0.1) is 11.3 Å². The molecule has 1 aromatic carbocycles. The first kappa shape index (κ1) is 13.6. The highest BCUT2D eigenvalue weighted by Crippen LogP contribution is 2.31. The summed E-state index contributed by atoms with van der Waals surface area (Å²) >= 11 is 0. The molecule has 0 saturated heterocycles. The van der Waals surface area contributed by atoms with Crippen LogP contribution >= 0.6 is 0 Å². The average Bonchev–Trinajstić information content (AvgIpc) is 2.73. The van der Waals surface area contributed by atoms with E-state index in [4.69, 9.17) is 10.8 Å². The van der Waals surface area contributed by atoms with Crippen molar-refractivity contribution in [3.8, 4) is 0 Å². The van der Waals surface area contributed by atoms with Crippen molar-refractivity contribution in [1.82, 2.24) is 0 Å². The summed E-state index contributed by atoms with van der Waals surface area (Å²) in [5, 5.41) is 12.0. The summed E-state index contributed by atoms with van der Waals surface area (Å²) < 4.78 is 13.7. The maximum atomic E-state index is 13.7. The van der Waals surface area contributed by atoms with Crippen molar-refractivity contribution in [2.45, 2.75) is 26.2 Å². The Balaban J connectivity index is 2.07. The molecule has 0 aliphatic heterocycles. The second-order valence-corrected chi connectivity index (χ2v) is 5.39. The lowest BCUT2D eigenvalue weighted by Crippen LogP contribution is -2.13. The minimum absolute atomic E-state index is 0.0509. The van der Waals surface area contributed by atoms with Gasteiger partial charge in [-0.05, 0) is 36.8 Å². The van der Waals surface area contributed by atoms with Crippen LogP contribution in [0.15, 0.2) is 12.1 Å². The lowest BCUT2D eigenvalue weighted by molar-refractivity contribution is 0.0698. The van der Waals surface area contributed by atoms with E-state index < -0.39 is 11.8 Å². The minimum Gasteiger partial charge on any atom is -0.478 e. The molecule has 2 atom stereocenters. The molecule has 0 amide bonds. The Morgan fingerprint density at radius 1 is 1.53 bits per heavy atom. The van der Waals surface area contributed by atoms with E-state index in [1.54, 1.807) is 0 Å². The zero-order valence-corrected chi connectivity index (χ0v) is 10.9. The number of anilines is 2. The number of benzene rings is 1. The van der Waals surface area contributed by atoms with Gasteiger partial charge < -0.3 is 16.2 Å². The largest absolute Gasteiger partial charge is 0.478 e. The summed E-state index contributed by atoms with van der Waals surface area (Å²) in [7, 11) is 0. The van der Waals surface area contributed by atoms with Crippen LogP contribution in [-0.2, 0) is 0 Å². The summed E-state index contributed by atoms with van der Waals surface area (Å²) in [6.45, 7) is 2.89. The molecule has 0 bridgehead atoms. The number of carboxylic acids is 1. The monoisotopic (exact) mass is 266 g/mol. The maximum Gasteiger partial charge on any atom is 0.337 e. The first-order valence-corrected chi connectivity index (χ1v) is 6.53. The van der Waals surface area contributed by atoms with Gasteiger partial charge in [-0.15, -0.1) is 0 Å². The van der Waals surface area contributed by atoms with Crippen LogP contribution in [0.1, 0.15) is 36.5 Å². The highest BCUT2D eigenvalue weighted by atomic mass is 19.1. The number of aromatic carboxylic acids is 1. The molecule has 1 aromatic rings. The van der Waals surface area contributed by atoms with Crippen LogP contribution in [0.5, 0.6) is 0 Å². The van der Waals surface area contributed by atoms with Gasteiger partial charge >= 0.3 is 5.97 Å². The molecule has 5 heteroatoms. The fourth-order valence-electron chi connectivity index (χ4n) is 2.67. The molecule has 0 spiro atoms. The molecule has 4 N–H and O–H groups in total. The van der Waals surface area contributed by atoms with E-state index in [0.29, 0.717) is 12.5 Å². The van der Waals surface area contributed by atoms with Gasteiger partial charge in [0.2, 0.25) is 0 Å². The van der Waals surface area contributed by atoms with Crippen LogP contribution in [0.2, 0.25) is 0 Å². The molecule has 0 aromatic heterocycles. The number of carboxylic acid groups (broad SMARTS) is 1. The number of nitrogen functional groups attached to an aromatic ring is 1. The number of hydrogen-bond donors (Lipinski definition) is 3. The quantitative estimate of drug-likeness (QED) is 0.732. The second-order valence-electron chi connectivity index (χ2n) is 5.39. The van der Waals surface area contributed by atoms with Crippen molar-refractivity contribution < 1.29 is 14.3 Å². The molecular formula is C14H19FN2O2. The van der Waals surface area contributed by atoms with Crippen molar-refractivity contribution in [3.63, 3.8) is 0 Å². The molecule has 1 saturated carbocycles. The van der Waals surface area contributed by atoms with Gasteiger partial charge in [0.25, 0.3) is 0 Å². The molecule has 19 heavy (non-hydrogen) atoms. The Labute approximate surface area is 111 Å². The van der Waals surface area contributed by atoms with E-state index in [2.05, 4.69) is 12.2 Å². The van der Waals surface area contributed by atoms with E-state index in [0.717, 1.165) is 24.8 Å². The van der Waals surface area contributed by atoms with Crippen molar-refractivity contribution in [3.05, 3.63) is 23.5 Å². The number of carbonyl (C=O) groups is 1. The van der Waals surface area contributed by atoms with Crippen LogP contribution in [0.25, 0.3) is 0 Å². The Morgan fingerprint density at radius 2 is 2.26 bits per heavy atom. The zero-order valence-electron chi connectivity index (χ0n) is 10.9. The van der Waals surface area contributed by atoms with Gasteiger partial charge in [0.1, 0.15) is 5.82 Å². The van der Waals surface area contributed by atoms with Crippen molar-refractivity contribution in [1.29, 1.82) is 0 Å². The zero-order chi connectivity index (χ0) is 14.0. The third-order valence-electron chi connectivity index (χ3n) is 3.75. The maximum absolute atomic E-state index is 13.7. The van der Waals surface area contributed by atoms with E-state index in [-0.39, 0.29) is 16.9 Å². The highest BCUT2D eigenvalue weighted by Gasteiger charge is 2.21. The van der Waals surface area contributed by atoms with Crippen molar-refractivity contribution in [2.75, 3.05) is 17.6 Å². The Kier molecular flexibility index (Phi) is 3.93. The topological polar surface area (TPSA) is 75.3 Å². The van der Waals surface area contributed by atoms with Gasteiger partial charge in [0.15, 0.2) is 0 Å². The molecule has 104 valence electrons. The van der Waals surface area contributed by atoms with Crippen molar-refractivity contribution in [2.24, 2.45) is 11.8 Å². The molecule has 2 unspecified atom stereocenters. The van der Waals surface area contributed by atoms with Crippen LogP contribution in [0, 0.1) is 17.7 Å². The van der Waals surface area contributed by atoms with E-state index in [1.165, 1.54) is 12.5 Å². The number of halogens is 1. The van der Waals surface area contributed by atoms with Gasteiger partial charge in [-0.25, -0.2) is 9.18 Å². The molecular weight excluding hydrogens is 247 g/mol. The smallest absolute Gasteiger partial charge is 0.337 e. The summed E-state index contributed by atoms with van der Waals surface area (Å²) in [5.74, 6) is -0.401. The SMILES string of the molecule is CC1CCC(CNc2cc(C(=O)O)c(N)cc2F)C1. The Hall–Kier alpha value is -1.78. The highest BCUT2D eigenvalue weighted by molar-refractivity contribution is 5.94. The Bertz CT molecular complexity index is 491. The van der Waals surface area contributed by atoms with E-state index >= 15 is 0 Å². The molecule has 1 aliphatic carbocycles. The molecule has 2 rings (SSSR count). The van der Waals surface area contributed by atoms with Gasteiger partial charge in [0, 0.05) is 12.2 Å². The van der Waals surface area contributed by atoms with Crippen LogP contribution in [-0.4, -0.2) is 17.6 Å². The second kappa shape index (κ2) is 5.47. The van der Waals surface area contributed by atoms with E-state index in [1.807, 2.05) is 0 Å². The average molecular weight is 266 g/mol. The lowest BCUT2D eigenvalue weighted by Gasteiger charge is -2.14. The number of hydrogen-bond acceptors (Lipinski definition) is 3. The normalized spacial score (nSPS) is 22.4. The Morgan fingerprint density at radius 3 is 2.84 bits per heavy atom. The minimum atomic E-state index is -1.14. The summed E-state index contributed by atoms with van der Waals surface area (Å²) in [5.41, 5.74) is 5.58. The third kappa shape index (κ3) is 3.16. The predicted molar refractivity (Wildman–Crippen MR) is 72.8 cm³/mol. The predicted octanol–water partition coefficient (Wildman–Crippen LogP) is 2.95. The summed E-state index contributed by atoms with van der Waals surface area (Å²) in [4.78, 5) is 11.0. The van der Waals surface area contributed by atoms with E-state index in [9.17, 15) is 9.18 Å². The van der Waals surface area contributed by atoms with Gasteiger partial charge in [-0.2, -0.15) is 0 Å². The molecule has 1 aliphatic rings. The first-order valence-electron chi connectivity index (χ1n) is 6.53. The summed E-state index contributed by atoms with van der Waals surface area (Å²) in [6.07, 6.45) is 3.48. The fourth-order valence-corrected chi connectivity index (χ4v) is 2.67. The summed E-state index contributed by atoms with van der Waals surface area (Å²) in [6, 6.07) is 2.33. The molecule has 1 fully saturated rings. The van der Waals surface area contributed by atoms with Crippen LogP contribution in [0.3, 0.4) is 0 Å². The third-order valence-corrected chi connectivity index (χ3v) is 3.75. The lowest BCUT2D eigenvalue weighted by atomic mass is 10.1. The molecule has 4 nitrogen and oxygen atoms in total. The van der Waals surface area contributed by atoms with Gasteiger partial charge in [-0.3, -0.25) is 0 Å². The van der Waals surface area contributed by atoms with Crippen LogP contribution in [0.4, 0.5) is 15.8 Å². The molecule has 0 heterocycles. The number of nitrogens with two attached hydrogens (primary N) is 1. The van der Waals surface area contributed by atoms with Crippen LogP contribution < -0.4 is 11.1 Å². The fraction of sp³-hybridized carbons (Fsp3) is 0.500. The number of rotatable bonds is 4. The van der Waals surface area contributed by atoms with Gasteiger partial charge in [-0.1, -0.05) is 13.3 Å². The molecule has 0 radical (unpaired) electrons. The standard InChI is InChI=1S/C14H19FN2O2/c1-8-2-3-9(4-8)7-17-13-5-10(14(18)19)12(16)6-11(13)15/h5-6,8-9,17H,2-4,7,16H2,1H3,(H,18,19). The van der Waals surface area contributed by atoms with Crippen molar-refractivity contribution >= 4 is 17.3 Å².